The molecule has 0 atom stereocenters. The van der Waals surface area contributed by atoms with E-state index in [0.29, 0.717) is 13.2 Å². The number of tetrazole rings is 1. The summed E-state index contributed by atoms with van der Waals surface area (Å²) in [6.07, 6.45) is 0.101. The molecule has 1 N–H and O–H groups in total. The summed E-state index contributed by atoms with van der Waals surface area (Å²) in [5.41, 5.74) is 0. The minimum Gasteiger partial charge on any atom is -0.469 e. The average Bonchev–Trinajstić information content (AvgIpc) is 2.91. The van der Waals surface area contributed by atoms with Gasteiger partial charge in [0.05, 0.1) is 20.1 Å². The lowest BCUT2D eigenvalue weighted by atomic mass is 10.3. The second-order valence-corrected chi connectivity index (χ2v) is 3.35. The second kappa shape index (κ2) is 7.33. The maximum absolute atomic E-state index is 11.9. The third kappa shape index (κ3) is 4.09. The molecule has 0 aliphatic heterocycles. The lowest BCUT2D eigenvalue weighted by Gasteiger charge is -2.19. The summed E-state index contributed by atoms with van der Waals surface area (Å²) >= 11 is 0. The van der Waals surface area contributed by atoms with Crippen LogP contribution < -0.4 is 0 Å². The number of rotatable bonds is 7. The molecule has 1 aromatic rings. The Kier molecular flexibility index (Phi) is 5.71. The van der Waals surface area contributed by atoms with Crippen molar-refractivity contribution in [1.29, 1.82) is 0 Å². The Morgan fingerprint density at radius 1 is 1.33 bits per heavy atom. The van der Waals surface area contributed by atoms with E-state index in [4.69, 9.17) is 4.74 Å². The Hall–Kier alpha value is -2.03. The van der Waals surface area contributed by atoms with Crippen LogP contribution in [0.1, 0.15) is 17.0 Å². The number of carbonyl (C=O) groups excluding carboxylic acids is 2. The Labute approximate surface area is 103 Å². The first kappa shape index (κ1) is 14.0. The average molecular weight is 257 g/mol. The van der Waals surface area contributed by atoms with Gasteiger partial charge in [-0.3, -0.25) is 9.59 Å². The predicted molar refractivity (Wildman–Crippen MR) is 58.6 cm³/mol. The van der Waals surface area contributed by atoms with Gasteiger partial charge in [0.2, 0.25) is 0 Å². The first-order chi connectivity index (χ1) is 8.69. The normalized spacial score (nSPS) is 10.1. The van der Waals surface area contributed by atoms with Crippen LogP contribution >= 0.6 is 0 Å². The molecule has 9 heteroatoms. The molecule has 1 rings (SSSR count). The number of hydrogen-bond acceptors (Lipinski definition) is 7. The fourth-order valence-electron chi connectivity index (χ4n) is 1.24. The number of amides is 1. The summed E-state index contributed by atoms with van der Waals surface area (Å²) in [6, 6.07) is 0. The number of nitrogens with zero attached hydrogens (tertiary/aromatic N) is 4. The highest BCUT2D eigenvalue weighted by Gasteiger charge is 2.20. The lowest BCUT2D eigenvalue weighted by molar-refractivity contribution is -0.140. The molecule has 0 aromatic carbocycles. The number of hydrogen-bond donors (Lipinski definition) is 1. The van der Waals surface area contributed by atoms with Crippen molar-refractivity contribution in [2.45, 2.75) is 6.42 Å². The molecule has 0 saturated heterocycles. The van der Waals surface area contributed by atoms with Crippen molar-refractivity contribution in [3.63, 3.8) is 0 Å². The molecule has 100 valence electrons. The minimum absolute atomic E-state index is 0.0454. The zero-order chi connectivity index (χ0) is 13.4. The van der Waals surface area contributed by atoms with E-state index in [0.717, 1.165) is 0 Å². The molecule has 0 radical (unpaired) electrons. The number of esters is 1. The number of ether oxygens (including phenoxy) is 2. The van der Waals surface area contributed by atoms with Crippen LogP contribution in [0, 0.1) is 0 Å². The van der Waals surface area contributed by atoms with Crippen LogP contribution in [-0.2, 0) is 14.3 Å². The highest BCUT2D eigenvalue weighted by Crippen LogP contribution is 2.00. The fraction of sp³-hybridized carbons (Fsp3) is 0.667. The van der Waals surface area contributed by atoms with Gasteiger partial charge in [-0.2, -0.15) is 5.21 Å². The van der Waals surface area contributed by atoms with Crippen molar-refractivity contribution in [2.24, 2.45) is 0 Å². The van der Waals surface area contributed by atoms with E-state index in [1.165, 1.54) is 19.1 Å². The molecule has 1 heterocycles. The van der Waals surface area contributed by atoms with Crippen LogP contribution in [-0.4, -0.2) is 71.3 Å². The number of aromatic nitrogens is 4. The Morgan fingerprint density at radius 2 is 2.11 bits per heavy atom. The van der Waals surface area contributed by atoms with Crippen molar-refractivity contribution in [1.82, 2.24) is 25.5 Å². The quantitative estimate of drug-likeness (QED) is 0.614. The van der Waals surface area contributed by atoms with E-state index in [9.17, 15) is 9.59 Å². The van der Waals surface area contributed by atoms with Gasteiger partial charge < -0.3 is 14.4 Å². The van der Waals surface area contributed by atoms with E-state index in [-0.39, 0.29) is 18.8 Å². The molecule has 1 aromatic heterocycles. The molecule has 0 unspecified atom stereocenters. The first-order valence-corrected chi connectivity index (χ1v) is 5.27. The largest absolute Gasteiger partial charge is 0.469 e. The van der Waals surface area contributed by atoms with Gasteiger partial charge in [-0.15, -0.1) is 10.2 Å². The van der Waals surface area contributed by atoms with Crippen LogP contribution in [0.2, 0.25) is 0 Å². The van der Waals surface area contributed by atoms with Crippen molar-refractivity contribution < 1.29 is 19.1 Å². The molecule has 0 spiro atoms. The summed E-state index contributed by atoms with van der Waals surface area (Å²) in [5, 5.41) is 12.7. The second-order valence-electron chi connectivity index (χ2n) is 3.35. The molecular formula is C9H15N5O4. The van der Waals surface area contributed by atoms with E-state index < -0.39 is 11.9 Å². The molecular weight excluding hydrogens is 242 g/mol. The number of aromatic amines is 1. The van der Waals surface area contributed by atoms with E-state index in [1.807, 2.05) is 0 Å². The summed E-state index contributed by atoms with van der Waals surface area (Å²) in [5.74, 6) is -0.848. The summed E-state index contributed by atoms with van der Waals surface area (Å²) in [6.45, 7) is 0.898. The van der Waals surface area contributed by atoms with Crippen molar-refractivity contribution in [3.8, 4) is 0 Å². The molecule has 0 fully saturated rings. The molecule has 1 amide bonds. The van der Waals surface area contributed by atoms with E-state index in [2.05, 4.69) is 25.4 Å². The first-order valence-electron chi connectivity index (χ1n) is 5.27. The monoisotopic (exact) mass is 257 g/mol. The Bertz CT molecular complexity index is 380. The maximum atomic E-state index is 11.9. The third-order valence-corrected chi connectivity index (χ3v) is 2.20. The van der Waals surface area contributed by atoms with E-state index >= 15 is 0 Å². The van der Waals surface area contributed by atoms with Crippen LogP contribution in [0.25, 0.3) is 0 Å². The predicted octanol–water partition coefficient (Wildman–Crippen LogP) is -1.15. The van der Waals surface area contributed by atoms with Gasteiger partial charge in [-0.1, -0.05) is 0 Å². The molecule has 18 heavy (non-hydrogen) atoms. The molecule has 9 nitrogen and oxygen atoms in total. The number of H-pyrrole nitrogens is 1. The number of carbonyl (C=O) groups is 2. The van der Waals surface area contributed by atoms with Crippen molar-refractivity contribution in [3.05, 3.63) is 5.82 Å². The minimum atomic E-state index is -0.412. The Balaban J connectivity index is 2.59. The molecule has 0 aliphatic rings. The summed E-state index contributed by atoms with van der Waals surface area (Å²) in [7, 11) is 2.82. The Morgan fingerprint density at radius 3 is 2.67 bits per heavy atom. The zero-order valence-corrected chi connectivity index (χ0v) is 10.3. The topological polar surface area (TPSA) is 110 Å². The smallest absolute Gasteiger partial charge is 0.307 e. The summed E-state index contributed by atoms with van der Waals surface area (Å²) in [4.78, 5) is 24.4. The molecule has 0 saturated carbocycles. The van der Waals surface area contributed by atoms with Crippen LogP contribution in [0.15, 0.2) is 0 Å². The zero-order valence-electron chi connectivity index (χ0n) is 10.3. The van der Waals surface area contributed by atoms with Crippen molar-refractivity contribution in [2.75, 3.05) is 33.9 Å². The number of nitrogens with one attached hydrogen (secondary N) is 1. The summed E-state index contributed by atoms with van der Waals surface area (Å²) < 4.78 is 9.42. The van der Waals surface area contributed by atoms with Crippen LogP contribution in [0.5, 0.6) is 0 Å². The van der Waals surface area contributed by atoms with Crippen LogP contribution in [0.3, 0.4) is 0 Å². The van der Waals surface area contributed by atoms with E-state index in [1.54, 1.807) is 0 Å². The fourth-order valence-corrected chi connectivity index (χ4v) is 1.24. The molecule has 0 aliphatic carbocycles. The van der Waals surface area contributed by atoms with Gasteiger partial charge in [-0.25, -0.2) is 0 Å². The van der Waals surface area contributed by atoms with Gasteiger partial charge in [0.15, 0.2) is 0 Å². The third-order valence-electron chi connectivity index (χ3n) is 2.20. The highest BCUT2D eigenvalue weighted by atomic mass is 16.5. The van der Waals surface area contributed by atoms with Gasteiger partial charge in [-0.05, 0) is 5.21 Å². The highest BCUT2D eigenvalue weighted by molar-refractivity contribution is 5.90. The molecule has 0 bridgehead atoms. The van der Waals surface area contributed by atoms with Gasteiger partial charge in [0.25, 0.3) is 11.7 Å². The lowest BCUT2D eigenvalue weighted by Crippen LogP contribution is -2.36. The SMILES string of the molecule is COCCN(CCC(=O)OC)C(=O)c1nn[nH]n1. The van der Waals surface area contributed by atoms with Gasteiger partial charge in [0, 0.05) is 20.2 Å². The standard InChI is InChI=1S/C9H15N5O4/c1-17-6-5-14(4-3-7(15)18-2)9(16)8-10-12-13-11-8/h3-6H2,1-2H3,(H,10,11,12,13). The maximum Gasteiger partial charge on any atom is 0.307 e. The van der Waals surface area contributed by atoms with Crippen LogP contribution in [0.4, 0.5) is 0 Å². The number of methoxy groups -OCH3 is 2. The van der Waals surface area contributed by atoms with Crippen molar-refractivity contribution >= 4 is 11.9 Å². The van der Waals surface area contributed by atoms with Gasteiger partial charge in [0.1, 0.15) is 0 Å². The van der Waals surface area contributed by atoms with Gasteiger partial charge >= 0.3 is 5.97 Å².